The van der Waals surface area contributed by atoms with Gasteiger partial charge in [-0.2, -0.15) is 5.10 Å². The van der Waals surface area contributed by atoms with Crippen LogP contribution in [-0.4, -0.2) is 33.3 Å². The molecule has 3 N–H and O–H groups in total. The summed E-state index contributed by atoms with van der Waals surface area (Å²) in [6.07, 6.45) is 12.2. The Bertz CT molecular complexity index is 1070. The Kier molecular flexibility index (Phi) is 5.24. The molecule has 31 heavy (non-hydrogen) atoms. The summed E-state index contributed by atoms with van der Waals surface area (Å²) in [5.74, 6) is 1.53. The van der Waals surface area contributed by atoms with Crippen LogP contribution >= 0.6 is 0 Å². The number of hydrogen-bond donors (Lipinski definition) is 3. The predicted molar refractivity (Wildman–Crippen MR) is 124 cm³/mol. The minimum atomic E-state index is -0.0920. The SMILES string of the molecule is CC1(C)CC(C2CCCCC2)Nc2c(C(=O)NCCc3c[nH]c4ccccc34)cnn21. The van der Waals surface area contributed by atoms with Crippen LogP contribution in [0.2, 0.25) is 0 Å². The Morgan fingerprint density at radius 2 is 2.03 bits per heavy atom. The molecule has 0 radical (unpaired) electrons. The van der Waals surface area contributed by atoms with Gasteiger partial charge in [-0.25, -0.2) is 4.68 Å². The second-order valence-corrected chi connectivity index (χ2v) is 9.85. The first-order chi connectivity index (χ1) is 15.0. The molecule has 3 heterocycles. The lowest BCUT2D eigenvalue weighted by atomic mass is 9.78. The quantitative estimate of drug-likeness (QED) is 0.554. The molecule has 1 aliphatic carbocycles. The smallest absolute Gasteiger partial charge is 0.256 e. The normalized spacial score (nSPS) is 20.9. The van der Waals surface area contributed by atoms with Crippen molar-refractivity contribution >= 4 is 22.6 Å². The van der Waals surface area contributed by atoms with E-state index in [4.69, 9.17) is 0 Å². The van der Waals surface area contributed by atoms with Gasteiger partial charge >= 0.3 is 0 Å². The highest BCUT2D eigenvalue weighted by Gasteiger charge is 2.39. The summed E-state index contributed by atoms with van der Waals surface area (Å²) in [6, 6.07) is 8.69. The number of hydrogen-bond acceptors (Lipinski definition) is 3. The van der Waals surface area contributed by atoms with Crippen molar-refractivity contribution < 1.29 is 4.79 Å². The molecule has 1 aromatic carbocycles. The minimum Gasteiger partial charge on any atom is -0.366 e. The maximum Gasteiger partial charge on any atom is 0.256 e. The van der Waals surface area contributed by atoms with Crippen molar-refractivity contribution in [3.63, 3.8) is 0 Å². The highest BCUT2D eigenvalue weighted by atomic mass is 16.1. The van der Waals surface area contributed by atoms with E-state index in [0.29, 0.717) is 24.1 Å². The van der Waals surface area contributed by atoms with Gasteiger partial charge in [0.1, 0.15) is 11.4 Å². The summed E-state index contributed by atoms with van der Waals surface area (Å²) in [7, 11) is 0. The summed E-state index contributed by atoms with van der Waals surface area (Å²) < 4.78 is 2.01. The summed E-state index contributed by atoms with van der Waals surface area (Å²) in [5, 5.41) is 12.6. The lowest BCUT2D eigenvalue weighted by Gasteiger charge is -2.42. The summed E-state index contributed by atoms with van der Waals surface area (Å²) in [5.41, 5.74) is 2.93. The van der Waals surface area contributed by atoms with Gasteiger partial charge < -0.3 is 15.6 Å². The van der Waals surface area contributed by atoms with Crippen LogP contribution in [0.1, 0.15) is 68.3 Å². The van der Waals surface area contributed by atoms with Crippen LogP contribution < -0.4 is 10.6 Å². The van der Waals surface area contributed by atoms with Gasteiger partial charge in [0.25, 0.3) is 5.91 Å². The fraction of sp³-hybridized carbons (Fsp3) is 0.520. The molecule has 1 fully saturated rings. The number of H-pyrrole nitrogens is 1. The number of benzene rings is 1. The van der Waals surface area contributed by atoms with Gasteiger partial charge in [0.15, 0.2) is 0 Å². The maximum absolute atomic E-state index is 13.1. The van der Waals surface area contributed by atoms with Crippen molar-refractivity contribution in [2.75, 3.05) is 11.9 Å². The van der Waals surface area contributed by atoms with E-state index in [1.54, 1.807) is 6.20 Å². The van der Waals surface area contributed by atoms with Crippen LogP contribution in [0.5, 0.6) is 0 Å². The fourth-order valence-electron chi connectivity index (χ4n) is 5.53. The molecule has 0 saturated heterocycles. The average molecular weight is 420 g/mol. The Morgan fingerprint density at radius 3 is 2.87 bits per heavy atom. The molecule has 1 amide bonds. The van der Waals surface area contributed by atoms with Crippen LogP contribution in [-0.2, 0) is 12.0 Å². The molecule has 2 aliphatic rings. The molecule has 164 valence electrons. The van der Waals surface area contributed by atoms with Crippen LogP contribution in [0.4, 0.5) is 5.82 Å². The van der Waals surface area contributed by atoms with Crippen LogP contribution in [0, 0.1) is 5.92 Å². The third-order valence-corrected chi connectivity index (χ3v) is 7.20. The Hall–Kier alpha value is -2.76. The zero-order valence-electron chi connectivity index (χ0n) is 18.6. The third kappa shape index (κ3) is 3.84. The molecule has 1 aliphatic heterocycles. The number of aromatic amines is 1. The van der Waals surface area contributed by atoms with E-state index < -0.39 is 0 Å². The largest absolute Gasteiger partial charge is 0.366 e. The highest BCUT2D eigenvalue weighted by Crippen LogP contribution is 2.39. The van der Waals surface area contributed by atoms with Crippen LogP contribution in [0.25, 0.3) is 10.9 Å². The van der Waals surface area contributed by atoms with E-state index in [-0.39, 0.29) is 11.4 Å². The Morgan fingerprint density at radius 1 is 1.23 bits per heavy atom. The number of amides is 1. The van der Waals surface area contributed by atoms with Crippen molar-refractivity contribution in [3.8, 4) is 0 Å². The maximum atomic E-state index is 13.1. The van der Waals surface area contributed by atoms with Crippen LogP contribution in [0.15, 0.2) is 36.7 Å². The lowest BCUT2D eigenvalue weighted by molar-refractivity contribution is 0.0954. The number of carbonyl (C=O) groups excluding carboxylic acids is 1. The first kappa shape index (κ1) is 20.2. The first-order valence-corrected chi connectivity index (χ1v) is 11.7. The van der Waals surface area contributed by atoms with Crippen LogP contribution in [0.3, 0.4) is 0 Å². The van der Waals surface area contributed by atoms with E-state index in [1.165, 1.54) is 43.1 Å². The molecule has 0 spiro atoms. The van der Waals surface area contributed by atoms with Gasteiger partial charge in [-0.3, -0.25) is 4.79 Å². The molecule has 5 rings (SSSR count). The molecule has 1 unspecified atom stereocenters. The number of fused-ring (bicyclic) bond motifs is 2. The second-order valence-electron chi connectivity index (χ2n) is 9.85. The molecule has 6 heteroatoms. The summed E-state index contributed by atoms with van der Waals surface area (Å²) in [4.78, 5) is 16.4. The van der Waals surface area contributed by atoms with Gasteiger partial charge in [-0.05, 0) is 57.1 Å². The summed E-state index contributed by atoms with van der Waals surface area (Å²) in [6.45, 7) is 5.07. The molecular formula is C25H33N5O. The van der Waals surface area contributed by atoms with Crippen molar-refractivity contribution in [2.24, 2.45) is 5.92 Å². The second kappa shape index (κ2) is 8.06. The number of para-hydroxylation sites is 1. The van der Waals surface area contributed by atoms with E-state index in [0.717, 1.165) is 24.2 Å². The average Bonchev–Trinajstić information content (AvgIpc) is 3.39. The lowest BCUT2D eigenvalue weighted by Crippen LogP contribution is -2.46. The number of nitrogens with one attached hydrogen (secondary N) is 3. The molecule has 1 saturated carbocycles. The van der Waals surface area contributed by atoms with E-state index in [2.05, 4.69) is 46.7 Å². The number of carbonyl (C=O) groups is 1. The standard InChI is InChI=1S/C25H33N5O/c1-25(2)14-22(17-8-4-3-5-9-17)29-23-20(16-28-30(23)25)24(31)26-13-12-18-15-27-21-11-7-6-10-19(18)21/h6-7,10-11,15-17,22,27,29H,3-5,8-9,12-14H2,1-2H3,(H,26,31). The molecule has 1 atom stereocenters. The predicted octanol–water partition coefficient (Wildman–Crippen LogP) is 4.84. The molecule has 6 nitrogen and oxygen atoms in total. The zero-order valence-corrected chi connectivity index (χ0v) is 18.6. The van der Waals surface area contributed by atoms with Crippen molar-refractivity contribution in [1.82, 2.24) is 20.1 Å². The van der Waals surface area contributed by atoms with Gasteiger partial charge in [0.2, 0.25) is 0 Å². The molecule has 3 aromatic rings. The number of nitrogens with zero attached hydrogens (tertiary/aromatic N) is 2. The fourth-order valence-corrected chi connectivity index (χ4v) is 5.53. The van der Waals surface area contributed by atoms with E-state index in [9.17, 15) is 4.79 Å². The first-order valence-electron chi connectivity index (χ1n) is 11.7. The molecule has 2 aromatic heterocycles. The minimum absolute atomic E-state index is 0.0475. The van der Waals surface area contributed by atoms with E-state index >= 15 is 0 Å². The van der Waals surface area contributed by atoms with Crippen molar-refractivity contribution in [1.29, 1.82) is 0 Å². The number of rotatable bonds is 5. The van der Waals surface area contributed by atoms with E-state index in [1.807, 2.05) is 23.0 Å². The zero-order chi connectivity index (χ0) is 21.4. The monoisotopic (exact) mass is 419 g/mol. The molecular weight excluding hydrogens is 386 g/mol. The van der Waals surface area contributed by atoms with Crippen molar-refractivity contribution in [3.05, 3.63) is 47.8 Å². The van der Waals surface area contributed by atoms with Gasteiger partial charge in [-0.15, -0.1) is 0 Å². The summed E-state index contributed by atoms with van der Waals surface area (Å²) >= 11 is 0. The van der Waals surface area contributed by atoms with Gasteiger partial charge in [-0.1, -0.05) is 37.5 Å². The van der Waals surface area contributed by atoms with Gasteiger partial charge in [0, 0.05) is 29.7 Å². The van der Waals surface area contributed by atoms with Gasteiger partial charge in [0.05, 0.1) is 11.7 Å². The highest BCUT2D eigenvalue weighted by molar-refractivity contribution is 5.99. The third-order valence-electron chi connectivity index (χ3n) is 7.20. The number of anilines is 1. The Labute approximate surface area is 183 Å². The Balaban J connectivity index is 1.29. The van der Waals surface area contributed by atoms with Crippen molar-refractivity contribution in [2.45, 2.75) is 70.4 Å². The molecule has 0 bridgehead atoms. The number of aromatic nitrogens is 3. The topological polar surface area (TPSA) is 74.7 Å².